The normalized spacial score (nSPS) is 15.4. The highest BCUT2D eigenvalue weighted by Crippen LogP contribution is 2.35. The van der Waals surface area contributed by atoms with E-state index in [0.29, 0.717) is 52.1 Å². The maximum atomic E-state index is 15.0. The molecular weight excluding hydrogens is 716 g/mol. The first-order valence-corrected chi connectivity index (χ1v) is 16.9. The van der Waals surface area contributed by atoms with Crippen molar-refractivity contribution in [3.8, 4) is 11.3 Å². The molecule has 2 aliphatic rings. The highest BCUT2D eigenvalue weighted by molar-refractivity contribution is 9.10. The summed E-state index contributed by atoms with van der Waals surface area (Å²) in [7, 11) is 1.86. The number of nitrogens with one attached hydrogen (secondary N) is 2. The number of hydrogen-bond acceptors (Lipinski definition) is 6. The topological polar surface area (TPSA) is 94.5 Å². The van der Waals surface area contributed by atoms with Crippen LogP contribution in [0.25, 0.3) is 11.3 Å². The molecule has 0 radical (unpaired) electrons. The zero-order valence-corrected chi connectivity index (χ0v) is 28.3. The van der Waals surface area contributed by atoms with Gasteiger partial charge in [0.1, 0.15) is 11.6 Å². The van der Waals surface area contributed by atoms with Crippen LogP contribution in [0.4, 0.5) is 28.9 Å². The summed E-state index contributed by atoms with van der Waals surface area (Å²) in [6, 6.07) is 13.5. The third kappa shape index (κ3) is 9.24. The number of amides is 2. The molecule has 0 aliphatic carbocycles. The number of halogens is 5. The smallest absolute Gasteiger partial charge is 0.227 e. The molecule has 2 aliphatic heterocycles. The van der Waals surface area contributed by atoms with E-state index in [9.17, 15) is 27.2 Å². The third-order valence-electron chi connectivity index (χ3n) is 7.90. The molecule has 0 unspecified atom stereocenters. The first-order chi connectivity index (χ1) is 23.1. The van der Waals surface area contributed by atoms with Gasteiger partial charge in [-0.2, -0.15) is 5.10 Å². The van der Waals surface area contributed by atoms with Crippen molar-refractivity contribution in [2.24, 2.45) is 18.9 Å². The van der Waals surface area contributed by atoms with E-state index in [0.717, 1.165) is 52.2 Å². The van der Waals surface area contributed by atoms with Crippen LogP contribution in [0.15, 0.2) is 75.1 Å². The Hall–Kier alpha value is -3.72. The van der Waals surface area contributed by atoms with Crippen molar-refractivity contribution < 1.29 is 36.6 Å². The molecule has 0 atom stereocenters. The average Bonchev–Trinajstić information content (AvgIpc) is 3.52. The number of benzene rings is 3. The molecule has 3 heterocycles. The summed E-state index contributed by atoms with van der Waals surface area (Å²) >= 11 is 4.00. The van der Waals surface area contributed by atoms with Gasteiger partial charge in [-0.3, -0.25) is 14.3 Å². The average molecular weight is 750 g/mol. The summed E-state index contributed by atoms with van der Waals surface area (Å²) in [6.07, 6.45) is 4.07. The molecule has 2 saturated heterocycles. The lowest BCUT2D eigenvalue weighted by Crippen LogP contribution is -2.28. The van der Waals surface area contributed by atoms with Crippen LogP contribution >= 0.6 is 27.7 Å². The minimum absolute atomic E-state index is 0.00947. The van der Waals surface area contributed by atoms with E-state index in [1.807, 2.05) is 37.4 Å². The number of rotatable bonds is 7. The van der Waals surface area contributed by atoms with E-state index in [1.54, 1.807) is 10.9 Å². The molecule has 2 fully saturated rings. The number of nitrogens with zero attached hydrogens (tertiary/aromatic N) is 2. The van der Waals surface area contributed by atoms with Crippen LogP contribution in [-0.4, -0.2) is 48.0 Å². The molecule has 1 aromatic heterocycles. The number of carbonyl (C=O) groups is 2. The SMILES string of the molecule is Cn1nccc1-c1ccc(Sc2cc(F)cc(NC(=O)C3CCOCC3)c2F)cc1.O=C(Nc1cc(F)cc(Br)c1F)C1CCOCC1. The van der Waals surface area contributed by atoms with Gasteiger partial charge in [0.2, 0.25) is 11.8 Å². The number of aryl methyl sites for hydroxylation is 1. The van der Waals surface area contributed by atoms with Crippen molar-refractivity contribution in [3.63, 3.8) is 0 Å². The summed E-state index contributed by atoms with van der Waals surface area (Å²) in [4.78, 5) is 25.2. The second kappa shape index (κ2) is 16.6. The Kier molecular flexibility index (Phi) is 12.3. The van der Waals surface area contributed by atoms with Crippen LogP contribution in [0.2, 0.25) is 0 Å². The molecule has 2 amide bonds. The second-order valence-corrected chi connectivity index (χ2v) is 13.2. The van der Waals surface area contributed by atoms with E-state index >= 15 is 0 Å². The predicted octanol–water partition coefficient (Wildman–Crippen LogP) is 7.97. The molecule has 4 aromatic rings. The lowest BCUT2D eigenvalue weighted by molar-refractivity contribution is -0.123. The van der Waals surface area contributed by atoms with Gasteiger partial charge in [-0.1, -0.05) is 23.9 Å². The molecule has 0 bridgehead atoms. The molecule has 0 spiro atoms. The summed E-state index contributed by atoms with van der Waals surface area (Å²) < 4.78 is 68.0. The van der Waals surface area contributed by atoms with Crippen LogP contribution in [0.5, 0.6) is 0 Å². The molecule has 8 nitrogen and oxygen atoms in total. The zero-order valence-electron chi connectivity index (χ0n) is 25.9. The van der Waals surface area contributed by atoms with Crippen LogP contribution in [0.1, 0.15) is 25.7 Å². The number of hydrogen-bond donors (Lipinski definition) is 2. The molecule has 3 aromatic carbocycles. The van der Waals surface area contributed by atoms with Crippen molar-refractivity contribution in [1.29, 1.82) is 0 Å². The Labute approximate surface area is 287 Å². The largest absolute Gasteiger partial charge is 0.381 e. The van der Waals surface area contributed by atoms with Crippen molar-refractivity contribution in [2.45, 2.75) is 35.5 Å². The van der Waals surface area contributed by atoms with E-state index in [2.05, 4.69) is 31.7 Å². The highest BCUT2D eigenvalue weighted by Gasteiger charge is 2.24. The first-order valence-electron chi connectivity index (χ1n) is 15.3. The Morgan fingerprint density at radius 1 is 0.792 bits per heavy atom. The number of ether oxygens (including phenoxy) is 2. The summed E-state index contributed by atoms with van der Waals surface area (Å²) in [5.41, 5.74) is 1.66. The van der Waals surface area contributed by atoms with E-state index in [1.165, 1.54) is 0 Å². The fraction of sp³-hybridized carbons (Fsp3) is 0.324. The molecular formula is C34H33BrF4N4O4S. The second-order valence-electron chi connectivity index (χ2n) is 11.2. The Balaban J connectivity index is 0.000000214. The standard InChI is InChI=1S/C22H21F2N3O2S.C12H12BrF2NO2/c1-27-19(6-9-25-27)14-2-4-17(5-3-14)30-20-13-16(23)12-18(21(20)24)26-22(28)15-7-10-29-11-8-15;13-9-5-8(14)6-10(11(9)15)16-12(17)7-1-3-18-4-2-7/h2-6,9,12-13,15H,7-8,10-11H2,1H3,(H,26,28);5-7H,1-4H2,(H,16,17). The molecule has 0 saturated carbocycles. The van der Waals surface area contributed by atoms with E-state index < -0.39 is 23.3 Å². The summed E-state index contributed by atoms with van der Waals surface area (Å²) in [6.45, 7) is 2.04. The Morgan fingerprint density at radius 3 is 1.83 bits per heavy atom. The lowest BCUT2D eigenvalue weighted by Gasteiger charge is -2.21. The molecule has 2 N–H and O–H groups in total. The molecule has 254 valence electrons. The van der Waals surface area contributed by atoms with Crippen LogP contribution in [-0.2, 0) is 26.1 Å². The minimum Gasteiger partial charge on any atom is -0.381 e. The maximum absolute atomic E-state index is 15.0. The van der Waals surface area contributed by atoms with E-state index in [4.69, 9.17) is 9.47 Å². The first kappa shape index (κ1) is 35.6. The summed E-state index contributed by atoms with van der Waals surface area (Å²) in [5, 5.41) is 9.12. The Morgan fingerprint density at radius 2 is 1.31 bits per heavy atom. The predicted molar refractivity (Wildman–Crippen MR) is 178 cm³/mol. The minimum atomic E-state index is -0.670. The van der Waals surface area contributed by atoms with Gasteiger partial charge >= 0.3 is 0 Å². The third-order valence-corrected chi connectivity index (χ3v) is 9.50. The van der Waals surface area contributed by atoms with Gasteiger partial charge in [0.25, 0.3) is 0 Å². The van der Waals surface area contributed by atoms with Crippen molar-refractivity contribution >= 4 is 50.9 Å². The monoisotopic (exact) mass is 748 g/mol. The van der Waals surface area contributed by atoms with Crippen molar-refractivity contribution in [1.82, 2.24) is 9.78 Å². The molecule has 14 heteroatoms. The fourth-order valence-corrected chi connectivity index (χ4v) is 6.57. The van der Waals surface area contributed by atoms with Crippen molar-refractivity contribution in [2.75, 3.05) is 37.1 Å². The molecule has 6 rings (SSSR count). The zero-order chi connectivity index (χ0) is 34.2. The maximum Gasteiger partial charge on any atom is 0.227 e. The quantitative estimate of drug-likeness (QED) is 0.147. The van der Waals surface area contributed by atoms with Crippen molar-refractivity contribution in [3.05, 3.63) is 88.5 Å². The van der Waals surface area contributed by atoms with Crippen LogP contribution < -0.4 is 10.6 Å². The fourth-order valence-electron chi connectivity index (χ4n) is 5.24. The summed E-state index contributed by atoms with van der Waals surface area (Å²) in [5.74, 6) is -3.58. The van der Waals surface area contributed by atoms with Gasteiger partial charge in [0, 0.05) is 68.5 Å². The van der Waals surface area contributed by atoms with Gasteiger partial charge < -0.3 is 20.1 Å². The highest BCUT2D eigenvalue weighted by atomic mass is 79.9. The van der Waals surface area contributed by atoms with Gasteiger partial charge in [-0.05, 0) is 77.5 Å². The Bertz CT molecular complexity index is 1750. The van der Waals surface area contributed by atoms with Gasteiger partial charge in [0.05, 0.1) is 26.4 Å². The molecule has 48 heavy (non-hydrogen) atoms. The van der Waals surface area contributed by atoms with Gasteiger partial charge in [-0.25, -0.2) is 17.6 Å². The van der Waals surface area contributed by atoms with Crippen LogP contribution in [0, 0.1) is 35.1 Å². The lowest BCUT2D eigenvalue weighted by atomic mass is 9.99. The number of anilines is 2. The number of carbonyl (C=O) groups excluding carboxylic acids is 2. The van der Waals surface area contributed by atoms with Gasteiger partial charge in [-0.15, -0.1) is 0 Å². The van der Waals surface area contributed by atoms with E-state index in [-0.39, 0.29) is 44.4 Å². The van der Waals surface area contributed by atoms with Gasteiger partial charge in [0.15, 0.2) is 11.6 Å². The van der Waals surface area contributed by atoms with Crippen LogP contribution in [0.3, 0.4) is 0 Å². The number of aromatic nitrogens is 2.